The van der Waals surface area contributed by atoms with Crippen molar-refractivity contribution in [2.45, 2.75) is 0 Å². The highest BCUT2D eigenvalue weighted by atomic mass is 35.5. The van der Waals surface area contributed by atoms with Crippen molar-refractivity contribution in [3.05, 3.63) is 17.8 Å². The van der Waals surface area contributed by atoms with Crippen molar-refractivity contribution in [3.8, 4) is 0 Å². The predicted molar refractivity (Wildman–Crippen MR) is 48.7 cm³/mol. The molecule has 3 N–H and O–H groups in total. The minimum atomic E-state index is -2.87. The van der Waals surface area contributed by atoms with Gasteiger partial charge >= 0.3 is 8.25 Å². The van der Waals surface area contributed by atoms with E-state index in [-0.39, 0.29) is 0 Å². The zero-order chi connectivity index (χ0) is 10.6. The highest BCUT2D eigenvalue weighted by molar-refractivity contribution is 7.30. The van der Waals surface area contributed by atoms with E-state index in [0.717, 1.165) is 0 Å². The third-order valence-corrected chi connectivity index (χ3v) is 1.46. The number of imidazole rings is 1. The molecule has 0 aliphatic rings. The van der Waals surface area contributed by atoms with Crippen LogP contribution in [0.3, 0.4) is 0 Å². The standard InChI is InChI=1S/C5H3ClN4.HO3P/c6-4-3-5(9-1-7-3)10-2-8-4;1-4(2)3/h1-2H,(H,7,8,9,10);(H-,1,2,3)/p+1. The van der Waals surface area contributed by atoms with E-state index < -0.39 is 8.25 Å². The summed E-state index contributed by atoms with van der Waals surface area (Å²) < 4.78 is 8.70. The van der Waals surface area contributed by atoms with Crippen LogP contribution < -0.4 is 0 Å². The van der Waals surface area contributed by atoms with E-state index in [1.807, 2.05) is 0 Å². The summed E-state index contributed by atoms with van der Waals surface area (Å²) in [6.45, 7) is 0. The molecule has 0 aliphatic heterocycles. The lowest BCUT2D eigenvalue weighted by molar-refractivity contribution is 0.405. The molecule has 14 heavy (non-hydrogen) atoms. The predicted octanol–water partition coefficient (Wildman–Crippen LogP) is 0.635. The minimum absolute atomic E-state index is 0.405. The van der Waals surface area contributed by atoms with E-state index in [9.17, 15) is 0 Å². The molecule has 0 aromatic carbocycles. The largest absolute Gasteiger partial charge is 0.692 e. The van der Waals surface area contributed by atoms with E-state index in [4.69, 9.17) is 26.0 Å². The molecule has 0 aliphatic carbocycles. The van der Waals surface area contributed by atoms with Gasteiger partial charge in [0, 0.05) is 4.57 Å². The van der Waals surface area contributed by atoms with Gasteiger partial charge in [-0.1, -0.05) is 11.6 Å². The summed E-state index contributed by atoms with van der Waals surface area (Å²) >= 11 is 5.68. The number of rotatable bonds is 0. The number of aromatic nitrogens is 4. The maximum Gasteiger partial charge on any atom is 0.692 e. The summed E-state index contributed by atoms with van der Waals surface area (Å²) in [7, 11) is -2.87. The maximum absolute atomic E-state index is 8.70. The van der Waals surface area contributed by atoms with Crippen molar-refractivity contribution >= 4 is 31.0 Å². The Balaban J connectivity index is 0.000000213. The van der Waals surface area contributed by atoms with E-state index in [1.54, 1.807) is 0 Å². The van der Waals surface area contributed by atoms with Crippen LogP contribution >= 0.6 is 19.9 Å². The zero-order valence-electron chi connectivity index (χ0n) is 6.62. The molecular weight excluding hydrogens is 231 g/mol. The topological polar surface area (TPSA) is 112 Å². The number of halogens is 1. The van der Waals surface area contributed by atoms with Crippen molar-refractivity contribution in [2.75, 3.05) is 0 Å². The first kappa shape index (κ1) is 10.9. The zero-order valence-corrected chi connectivity index (χ0v) is 8.27. The molecule has 0 saturated heterocycles. The van der Waals surface area contributed by atoms with Crippen LogP contribution in [0.25, 0.3) is 11.2 Å². The maximum atomic E-state index is 8.70. The van der Waals surface area contributed by atoms with Gasteiger partial charge in [0.25, 0.3) is 0 Å². The molecule has 2 heterocycles. The second-order valence-corrected chi connectivity index (χ2v) is 2.88. The van der Waals surface area contributed by atoms with Crippen LogP contribution in [-0.4, -0.2) is 29.7 Å². The molecule has 0 unspecified atom stereocenters. The van der Waals surface area contributed by atoms with Crippen LogP contribution in [0.5, 0.6) is 0 Å². The van der Waals surface area contributed by atoms with E-state index in [0.29, 0.717) is 16.3 Å². The van der Waals surface area contributed by atoms with Crippen LogP contribution in [0.15, 0.2) is 12.7 Å². The summed E-state index contributed by atoms with van der Waals surface area (Å²) in [5.74, 6) is 0. The first-order valence-electron chi connectivity index (χ1n) is 3.26. The molecule has 0 atom stereocenters. The van der Waals surface area contributed by atoms with E-state index in [1.165, 1.54) is 12.7 Å². The molecule has 2 rings (SSSR count). The summed E-state index contributed by atoms with van der Waals surface area (Å²) in [6.07, 6.45) is 2.91. The third-order valence-electron chi connectivity index (χ3n) is 1.18. The van der Waals surface area contributed by atoms with Crippen molar-refractivity contribution in [3.63, 3.8) is 0 Å². The Labute approximate surface area is 83.8 Å². The van der Waals surface area contributed by atoms with Gasteiger partial charge in [0.1, 0.15) is 11.8 Å². The normalized spacial score (nSPS) is 9.36. The van der Waals surface area contributed by atoms with E-state index in [2.05, 4.69) is 19.9 Å². The Kier molecular flexibility index (Phi) is 3.84. The molecule has 0 fully saturated rings. The fraction of sp³-hybridized carbons (Fsp3) is 0. The Morgan fingerprint density at radius 2 is 2.00 bits per heavy atom. The van der Waals surface area contributed by atoms with Crippen molar-refractivity contribution in [2.24, 2.45) is 0 Å². The van der Waals surface area contributed by atoms with Gasteiger partial charge in [-0.05, 0) is 0 Å². The fourth-order valence-corrected chi connectivity index (χ4v) is 0.918. The molecule has 0 spiro atoms. The van der Waals surface area contributed by atoms with Crippen molar-refractivity contribution in [1.82, 2.24) is 19.9 Å². The molecular formula is C5H5ClN4O3P+. The molecule has 0 amide bonds. The van der Waals surface area contributed by atoms with Gasteiger partial charge in [-0.2, -0.15) is 0 Å². The summed E-state index contributed by atoms with van der Waals surface area (Å²) in [5.41, 5.74) is 1.28. The second-order valence-electron chi connectivity index (χ2n) is 2.02. The van der Waals surface area contributed by atoms with Gasteiger partial charge in [-0.25, -0.2) is 15.0 Å². The van der Waals surface area contributed by atoms with Gasteiger partial charge in [0.15, 0.2) is 10.8 Å². The number of fused-ring (bicyclic) bond motifs is 1. The molecule has 2 aromatic heterocycles. The van der Waals surface area contributed by atoms with Gasteiger partial charge in [0.2, 0.25) is 0 Å². The Bertz CT molecular complexity index is 443. The highest BCUT2D eigenvalue weighted by Gasteiger charge is 2.00. The molecule has 0 saturated carbocycles. The van der Waals surface area contributed by atoms with Crippen molar-refractivity contribution in [1.29, 1.82) is 0 Å². The SMILES string of the molecule is Clc1ncnc2nc[nH]c12.O=[P+](O)O. The van der Waals surface area contributed by atoms with E-state index >= 15 is 0 Å². The average Bonchev–Trinajstić information content (AvgIpc) is 2.52. The first-order chi connectivity index (χ1) is 6.61. The summed E-state index contributed by atoms with van der Waals surface area (Å²) in [4.78, 5) is 28.6. The van der Waals surface area contributed by atoms with Crippen LogP contribution in [0.4, 0.5) is 0 Å². The number of H-pyrrole nitrogens is 1. The van der Waals surface area contributed by atoms with Crippen molar-refractivity contribution < 1.29 is 14.4 Å². The third kappa shape index (κ3) is 2.97. The monoisotopic (exact) mass is 235 g/mol. The molecule has 9 heteroatoms. The highest BCUT2D eigenvalue weighted by Crippen LogP contribution is 2.13. The lowest BCUT2D eigenvalue weighted by Gasteiger charge is -1.86. The Hall–Kier alpha value is -1.14. The van der Waals surface area contributed by atoms with Gasteiger partial charge in [0.05, 0.1) is 6.33 Å². The quantitative estimate of drug-likeness (QED) is 0.456. The van der Waals surface area contributed by atoms with Gasteiger partial charge in [-0.3, -0.25) is 0 Å². The number of hydrogen-bond acceptors (Lipinski definition) is 4. The van der Waals surface area contributed by atoms with Crippen LogP contribution in [0, 0.1) is 0 Å². The number of aromatic amines is 1. The molecule has 2 aromatic rings. The average molecular weight is 236 g/mol. The van der Waals surface area contributed by atoms with Crippen LogP contribution in [-0.2, 0) is 4.57 Å². The number of nitrogens with one attached hydrogen (secondary N) is 1. The molecule has 74 valence electrons. The summed E-state index contributed by atoms with van der Waals surface area (Å²) in [6, 6.07) is 0. The van der Waals surface area contributed by atoms with Crippen LogP contribution in [0.1, 0.15) is 0 Å². The molecule has 7 nitrogen and oxygen atoms in total. The number of nitrogens with zero attached hydrogens (tertiary/aromatic N) is 3. The first-order valence-corrected chi connectivity index (χ1v) is 4.80. The Morgan fingerprint density at radius 3 is 2.57 bits per heavy atom. The van der Waals surface area contributed by atoms with Crippen LogP contribution in [0.2, 0.25) is 5.15 Å². The lowest BCUT2D eigenvalue weighted by Crippen LogP contribution is -1.80. The van der Waals surface area contributed by atoms with Gasteiger partial charge in [-0.15, -0.1) is 9.79 Å². The lowest BCUT2D eigenvalue weighted by atomic mass is 10.6. The molecule has 0 radical (unpaired) electrons. The smallest absolute Gasteiger partial charge is 0.341 e. The molecule has 0 bridgehead atoms. The number of hydrogen-bond donors (Lipinski definition) is 3. The fourth-order valence-electron chi connectivity index (χ4n) is 0.736. The second kappa shape index (κ2) is 4.92. The van der Waals surface area contributed by atoms with Gasteiger partial charge < -0.3 is 4.98 Å². The minimum Gasteiger partial charge on any atom is -0.341 e. The Morgan fingerprint density at radius 1 is 1.36 bits per heavy atom. The summed E-state index contributed by atoms with van der Waals surface area (Å²) in [5, 5.41) is 0.405.